The number of aliphatic imine (C=N–C) groups is 1. The first-order chi connectivity index (χ1) is 6.70. The molecule has 5 heteroatoms. The molecule has 0 aliphatic heterocycles. The third kappa shape index (κ3) is 3.49. The first kappa shape index (κ1) is 10.6. The molecule has 0 aromatic carbocycles. The third-order valence-electron chi connectivity index (χ3n) is 1.61. The second-order valence-electron chi connectivity index (χ2n) is 2.66. The van der Waals surface area contributed by atoms with E-state index in [9.17, 15) is 0 Å². The highest BCUT2D eigenvalue weighted by Gasteiger charge is 1.95. The molecule has 1 aromatic rings. The molecular weight excluding hydrogens is 196 g/mol. The summed E-state index contributed by atoms with van der Waals surface area (Å²) in [5.41, 5.74) is 6.97. The lowest BCUT2D eigenvalue weighted by molar-refractivity contribution is 0.929. The number of nitrogens with one attached hydrogen (secondary N) is 1. The molecular formula is C9H12N4S. The highest BCUT2D eigenvalue weighted by Crippen LogP contribution is 1.95. The Hall–Kier alpha value is -1.49. The summed E-state index contributed by atoms with van der Waals surface area (Å²) in [5, 5.41) is 2.99. The van der Waals surface area contributed by atoms with Gasteiger partial charge in [-0.2, -0.15) is 0 Å². The average Bonchev–Trinajstić information content (AvgIpc) is 2.18. The van der Waals surface area contributed by atoms with Gasteiger partial charge in [0.1, 0.15) is 6.67 Å². The van der Waals surface area contributed by atoms with Gasteiger partial charge in [-0.1, -0.05) is 6.07 Å². The first-order valence-corrected chi connectivity index (χ1v) is 4.56. The van der Waals surface area contributed by atoms with Gasteiger partial charge in [0.2, 0.25) is 0 Å². The second kappa shape index (κ2) is 5.29. The Balaban J connectivity index is 2.57. The van der Waals surface area contributed by atoms with Crippen LogP contribution < -0.4 is 11.1 Å². The van der Waals surface area contributed by atoms with E-state index in [4.69, 9.17) is 5.73 Å². The lowest BCUT2D eigenvalue weighted by Gasteiger charge is -2.01. The van der Waals surface area contributed by atoms with Crippen molar-refractivity contribution < 1.29 is 0 Å². The zero-order chi connectivity index (χ0) is 10.4. The van der Waals surface area contributed by atoms with Crippen molar-refractivity contribution >= 4 is 23.0 Å². The van der Waals surface area contributed by atoms with E-state index in [1.165, 1.54) is 0 Å². The standard InChI is InChI=1S/C9H12N4S/c1-7(12-6-13-9(10)14)8-4-2-3-5-11-8/h2-5H,6H2,1H3,(H3,10,13,14)/b12-7+. The smallest absolute Gasteiger partial charge is 0.165 e. The summed E-state index contributed by atoms with van der Waals surface area (Å²) >= 11 is 4.65. The van der Waals surface area contributed by atoms with Crippen LogP contribution in [0, 0.1) is 0 Å². The summed E-state index contributed by atoms with van der Waals surface area (Å²) in [6.07, 6.45) is 1.73. The molecule has 14 heavy (non-hydrogen) atoms. The van der Waals surface area contributed by atoms with Crippen LogP contribution in [0.4, 0.5) is 0 Å². The predicted octanol–water partition coefficient (Wildman–Crippen LogP) is 0.681. The van der Waals surface area contributed by atoms with E-state index < -0.39 is 0 Å². The van der Waals surface area contributed by atoms with Crippen LogP contribution in [0.2, 0.25) is 0 Å². The van der Waals surface area contributed by atoms with Gasteiger partial charge in [-0.05, 0) is 31.3 Å². The van der Waals surface area contributed by atoms with Gasteiger partial charge in [0.05, 0.1) is 11.4 Å². The summed E-state index contributed by atoms with van der Waals surface area (Å²) < 4.78 is 0. The minimum Gasteiger partial charge on any atom is -0.376 e. The van der Waals surface area contributed by atoms with Gasteiger partial charge in [-0.15, -0.1) is 0 Å². The minimum atomic E-state index is 0.252. The molecule has 74 valence electrons. The quantitative estimate of drug-likeness (QED) is 0.566. The number of nitrogens with two attached hydrogens (primary N) is 1. The first-order valence-electron chi connectivity index (χ1n) is 4.16. The Morgan fingerprint density at radius 3 is 3.00 bits per heavy atom. The van der Waals surface area contributed by atoms with Gasteiger partial charge >= 0.3 is 0 Å². The van der Waals surface area contributed by atoms with Gasteiger partial charge in [0.15, 0.2) is 5.11 Å². The monoisotopic (exact) mass is 208 g/mol. The van der Waals surface area contributed by atoms with Crippen molar-refractivity contribution in [2.75, 3.05) is 6.67 Å². The maximum atomic E-state index is 5.25. The van der Waals surface area contributed by atoms with Crippen LogP contribution in [-0.4, -0.2) is 22.5 Å². The lowest BCUT2D eigenvalue weighted by atomic mass is 10.2. The summed E-state index contributed by atoms with van der Waals surface area (Å²) in [5.74, 6) is 0. The molecule has 0 bridgehead atoms. The van der Waals surface area contributed by atoms with E-state index in [0.717, 1.165) is 11.4 Å². The minimum absolute atomic E-state index is 0.252. The number of nitrogens with zero attached hydrogens (tertiary/aromatic N) is 2. The number of thiocarbonyl (C=S) groups is 1. The lowest BCUT2D eigenvalue weighted by Crippen LogP contribution is -2.29. The van der Waals surface area contributed by atoms with Crippen molar-refractivity contribution in [1.29, 1.82) is 0 Å². The van der Waals surface area contributed by atoms with E-state index >= 15 is 0 Å². The van der Waals surface area contributed by atoms with Gasteiger partial charge < -0.3 is 11.1 Å². The largest absolute Gasteiger partial charge is 0.376 e. The molecule has 0 saturated heterocycles. The fourth-order valence-corrected chi connectivity index (χ4v) is 0.958. The second-order valence-corrected chi connectivity index (χ2v) is 3.10. The Morgan fingerprint density at radius 1 is 1.64 bits per heavy atom. The fourth-order valence-electron chi connectivity index (χ4n) is 0.894. The maximum absolute atomic E-state index is 5.25. The highest BCUT2D eigenvalue weighted by molar-refractivity contribution is 7.80. The van der Waals surface area contributed by atoms with E-state index in [2.05, 4.69) is 27.5 Å². The number of hydrogen-bond acceptors (Lipinski definition) is 3. The molecule has 0 unspecified atom stereocenters. The third-order valence-corrected chi connectivity index (χ3v) is 1.75. The Labute approximate surface area is 88.3 Å². The fraction of sp³-hybridized carbons (Fsp3) is 0.222. The molecule has 0 atom stereocenters. The molecule has 1 heterocycles. The summed E-state index contributed by atoms with van der Waals surface area (Å²) in [6.45, 7) is 2.28. The summed E-state index contributed by atoms with van der Waals surface area (Å²) in [7, 11) is 0. The number of hydrogen-bond donors (Lipinski definition) is 2. The Kier molecular flexibility index (Phi) is 4.00. The highest BCUT2D eigenvalue weighted by atomic mass is 32.1. The van der Waals surface area contributed by atoms with Gasteiger partial charge in [-0.25, -0.2) is 0 Å². The number of aromatic nitrogens is 1. The Bertz CT molecular complexity index is 334. The van der Waals surface area contributed by atoms with Crippen LogP contribution in [0.5, 0.6) is 0 Å². The van der Waals surface area contributed by atoms with Gasteiger partial charge in [-0.3, -0.25) is 9.98 Å². The molecule has 4 nitrogen and oxygen atoms in total. The van der Waals surface area contributed by atoms with E-state index in [1.807, 2.05) is 25.1 Å². The van der Waals surface area contributed by atoms with E-state index in [0.29, 0.717) is 6.67 Å². The van der Waals surface area contributed by atoms with Crippen molar-refractivity contribution in [3.05, 3.63) is 30.1 Å². The molecule has 0 spiro atoms. The predicted molar refractivity (Wildman–Crippen MR) is 61.2 cm³/mol. The number of rotatable bonds is 3. The van der Waals surface area contributed by atoms with Gasteiger partial charge in [0, 0.05) is 6.20 Å². The normalized spacial score (nSPS) is 11.1. The van der Waals surface area contributed by atoms with Crippen molar-refractivity contribution in [3.63, 3.8) is 0 Å². The molecule has 0 fully saturated rings. The average molecular weight is 208 g/mol. The molecule has 0 aliphatic rings. The molecule has 1 aromatic heterocycles. The number of pyridine rings is 1. The van der Waals surface area contributed by atoms with E-state index in [1.54, 1.807) is 6.20 Å². The van der Waals surface area contributed by atoms with Crippen LogP contribution in [0.1, 0.15) is 12.6 Å². The molecule has 0 radical (unpaired) electrons. The van der Waals surface area contributed by atoms with Crippen LogP contribution in [0.15, 0.2) is 29.4 Å². The summed E-state index contributed by atoms with van der Waals surface area (Å²) in [4.78, 5) is 8.36. The van der Waals surface area contributed by atoms with Crippen molar-refractivity contribution in [2.45, 2.75) is 6.92 Å². The molecule has 1 rings (SSSR count). The van der Waals surface area contributed by atoms with Crippen LogP contribution in [-0.2, 0) is 0 Å². The van der Waals surface area contributed by atoms with Crippen molar-refractivity contribution in [2.24, 2.45) is 10.7 Å². The van der Waals surface area contributed by atoms with E-state index in [-0.39, 0.29) is 5.11 Å². The summed E-state index contributed by atoms with van der Waals surface area (Å²) in [6, 6.07) is 5.69. The zero-order valence-corrected chi connectivity index (χ0v) is 8.71. The molecule has 0 aliphatic carbocycles. The van der Waals surface area contributed by atoms with Crippen LogP contribution >= 0.6 is 12.2 Å². The Morgan fingerprint density at radius 2 is 2.43 bits per heavy atom. The maximum Gasteiger partial charge on any atom is 0.165 e. The molecule has 3 N–H and O–H groups in total. The van der Waals surface area contributed by atoms with Crippen LogP contribution in [0.25, 0.3) is 0 Å². The van der Waals surface area contributed by atoms with Crippen molar-refractivity contribution in [1.82, 2.24) is 10.3 Å². The topological polar surface area (TPSA) is 63.3 Å². The van der Waals surface area contributed by atoms with Gasteiger partial charge in [0.25, 0.3) is 0 Å². The van der Waals surface area contributed by atoms with Crippen molar-refractivity contribution in [3.8, 4) is 0 Å². The molecule has 0 amide bonds. The molecule has 0 saturated carbocycles. The zero-order valence-electron chi connectivity index (χ0n) is 7.90. The SMILES string of the molecule is C/C(=N\CNC(N)=S)c1ccccn1. The van der Waals surface area contributed by atoms with Crippen LogP contribution in [0.3, 0.4) is 0 Å².